The zero-order valence-corrected chi connectivity index (χ0v) is 11.1. The van der Waals surface area contributed by atoms with Crippen molar-refractivity contribution in [2.24, 2.45) is 0 Å². The van der Waals surface area contributed by atoms with E-state index in [1.165, 1.54) is 23.5 Å². The lowest BCUT2D eigenvalue weighted by atomic mass is 10.1. The van der Waals surface area contributed by atoms with Crippen molar-refractivity contribution in [1.82, 2.24) is 0 Å². The molecule has 0 aliphatic carbocycles. The molecule has 15 heavy (non-hydrogen) atoms. The Bertz CT molecular complexity index is 288. The third-order valence-corrected chi connectivity index (χ3v) is 4.27. The predicted octanol–water partition coefficient (Wildman–Crippen LogP) is 2.90. The van der Waals surface area contributed by atoms with Crippen LogP contribution in [0.15, 0.2) is 0 Å². The van der Waals surface area contributed by atoms with E-state index < -0.39 is 10.7 Å². The van der Waals surface area contributed by atoms with Crippen molar-refractivity contribution in [3.8, 4) is 6.07 Å². The quantitative estimate of drug-likeness (QED) is 0.770. The fourth-order valence-electron chi connectivity index (χ4n) is 0.806. The Hall–Kier alpha value is -0.250. The normalized spacial score (nSPS) is 13.9. The summed E-state index contributed by atoms with van der Waals surface area (Å²) < 4.78 is -0.0237. The molecule has 0 aromatic carbocycles. The molecule has 0 bridgehead atoms. The molecule has 1 N–H and O–H groups in total. The molecule has 84 valence electrons. The molecule has 0 fully saturated rings. The summed E-state index contributed by atoms with van der Waals surface area (Å²) in [5.41, 5.74) is 0. The van der Waals surface area contributed by atoms with Gasteiger partial charge in [0.2, 0.25) is 0 Å². The zero-order chi connectivity index (χ0) is 11.9. The number of aliphatic carboxylic acids is 1. The Morgan fingerprint density at radius 2 is 2.27 bits per heavy atom. The molecular weight excluding hydrogens is 250 g/mol. The standard InChI is InChI=1S/C9H13NO2S3/c1-3-14-8(13)15-9(2,6-10)5-4-7(11)12/h3-5H2,1-2H3,(H,11,12)/t9-/m0/s1. The van der Waals surface area contributed by atoms with Gasteiger partial charge in [-0.3, -0.25) is 4.79 Å². The van der Waals surface area contributed by atoms with Crippen LogP contribution in [-0.4, -0.2) is 25.1 Å². The molecule has 0 aliphatic rings. The number of thioether (sulfide) groups is 2. The zero-order valence-electron chi connectivity index (χ0n) is 8.65. The summed E-state index contributed by atoms with van der Waals surface area (Å²) >= 11 is 7.86. The number of rotatable bonds is 5. The number of nitrogens with zero attached hydrogens (tertiary/aromatic N) is 1. The highest BCUT2D eigenvalue weighted by Gasteiger charge is 2.27. The molecule has 0 unspecified atom stereocenters. The molecular formula is C9H13NO2S3. The maximum atomic E-state index is 10.4. The monoisotopic (exact) mass is 263 g/mol. The third kappa shape index (κ3) is 6.77. The van der Waals surface area contributed by atoms with Crippen molar-refractivity contribution in [3.05, 3.63) is 0 Å². The molecule has 0 heterocycles. The lowest BCUT2D eigenvalue weighted by Gasteiger charge is -2.19. The number of carboxylic acids is 1. The molecule has 6 heteroatoms. The molecule has 0 amide bonds. The Balaban J connectivity index is 4.25. The van der Waals surface area contributed by atoms with Gasteiger partial charge in [-0.25, -0.2) is 0 Å². The highest BCUT2D eigenvalue weighted by Crippen LogP contribution is 2.34. The van der Waals surface area contributed by atoms with E-state index in [9.17, 15) is 4.79 Å². The number of nitriles is 1. The number of hydrogen-bond acceptors (Lipinski definition) is 5. The first-order valence-electron chi connectivity index (χ1n) is 4.42. The minimum absolute atomic E-state index is 0.00351. The average Bonchev–Trinajstić information content (AvgIpc) is 2.15. The Kier molecular flexibility index (Phi) is 6.98. The molecule has 0 radical (unpaired) electrons. The number of carboxylic acid groups (broad SMARTS) is 1. The Labute approximate surface area is 104 Å². The molecule has 0 aliphatic heterocycles. The summed E-state index contributed by atoms with van der Waals surface area (Å²) in [6.45, 7) is 3.71. The topological polar surface area (TPSA) is 61.1 Å². The minimum atomic E-state index is -0.883. The van der Waals surface area contributed by atoms with E-state index >= 15 is 0 Å². The van der Waals surface area contributed by atoms with Gasteiger partial charge in [0.1, 0.15) is 8.28 Å². The van der Waals surface area contributed by atoms with E-state index in [4.69, 9.17) is 22.6 Å². The van der Waals surface area contributed by atoms with Crippen LogP contribution in [0, 0.1) is 11.3 Å². The van der Waals surface area contributed by atoms with Gasteiger partial charge in [-0.1, -0.05) is 30.9 Å². The van der Waals surface area contributed by atoms with Gasteiger partial charge in [-0.05, 0) is 19.1 Å². The van der Waals surface area contributed by atoms with E-state index in [2.05, 4.69) is 6.07 Å². The third-order valence-electron chi connectivity index (χ3n) is 1.62. The largest absolute Gasteiger partial charge is 0.481 e. The maximum absolute atomic E-state index is 10.4. The van der Waals surface area contributed by atoms with Gasteiger partial charge >= 0.3 is 5.97 Å². The molecule has 0 spiro atoms. The summed E-state index contributed by atoms with van der Waals surface area (Å²) in [6.07, 6.45) is 0.310. The van der Waals surface area contributed by atoms with Gasteiger partial charge in [0.05, 0.1) is 6.07 Å². The Morgan fingerprint density at radius 3 is 2.67 bits per heavy atom. The number of hydrogen-bond donors (Lipinski definition) is 1. The van der Waals surface area contributed by atoms with Crippen LogP contribution < -0.4 is 0 Å². The Morgan fingerprint density at radius 1 is 1.67 bits per heavy atom. The van der Waals surface area contributed by atoms with Crippen LogP contribution in [0.25, 0.3) is 0 Å². The van der Waals surface area contributed by atoms with Gasteiger partial charge in [0.15, 0.2) is 0 Å². The fourth-order valence-corrected chi connectivity index (χ4v) is 3.71. The van der Waals surface area contributed by atoms with Gasteiger partial charge < -0.3 is 5.11 Å². The van der Waals surface area contributed by atoms with Crippen molar-refractivity contribution in [1.29, 1.82) is 5.26 Å². The molecule has 0 rings (SSSR count). The molecule has 3 nitrogen and oxygen atoms in total. The van der Waals surface area contributed by atoms with Crippen LogP contribution in [0.5, 0.6) is 0 Å². The summed E-state index contributed by atoms with van der Waals surface area (Å²) in [6, 6.07) is 2.12. The number of carbonyl (C=O) groups is 1. The van der Waals surface area contributed by atoms with E-state index in [1.54, 1.807) is 6.92 Å². The lowest BCUT2D eigenvalue weighted by Crippen LogP contribution is -2.20. The lowest BCUT2D eigenvalue weighted by molar-refractivity contribution is -0.137. The highest BCUT2D eigenvalue weighted by atomic mass is 32.2. The van der Waals surface area contributed by atoms with E-state index in [0.29, 0.717) is 9.95 Å². The van der Waals surface area contributed by atoms with Crippen molar-refractivity contribution in [3.63, 3.8) is 0 Å². The van der Waals surface area contributed by atoms with Crippen molar-refractivity contribution >= 4 is 45.2 Å². The first-order valence-corrected chi connectivity index (χ1v) is 6.63. The van der Waals surface area contributed by atoms with Crippen molar-refractivity contribution in [2.75, 3.05) is 5.75 Å². The van der Waals surface area contributed by atoms with Crippen molar-refractivity contribution in [2.45, 2.75) is 31.4 Å². The van der Waals surface area contributed by atoms with E-state index in [1.807, 2.05) is 6.92 Å². The first-order chi connectivity index (χ1) is 6.93. The average molecular weight is 263 g/mol. The van der Waals surface area contributed by atoms with Crippen LogP contribution in [0.3, 0.4) is 0 Å². The second-order valence-electron chi connectivity index (χ2n) is 3.02. The van der Waals surface area contributed by atoms with E-state index in [0.717, 1.165) is 5.75 Å². The van der Waals surface area contributed by atoms with Crippen molar-refractivity contribution < 1.29 is 9.90 Å². The van der Waals surface area contributed by atoms with Crippen LogP contribution in [0.1, 0.15) is 26.7 Å². The summed E-state index contributed by atoms with van der Waals surface area (Å²) in [5, 5.41) is 17.5. The fraction of sp³-hybridized carbons (Fsp3) is 0.667. The van der Waals surface area contributed by atoms with Gasteiger partial charge in [-0.15, -0.1) is 11.8 Å². The maximum Gasteiger partial charge on any atom is 0.303 e. The van der Waals surface area contributed by atoms with Gasteiger partial charge in [0.25, 0.3) is 0 Å². The summed E-state index contributed by atoms with van der Waals surface area (Å²) in [5.74, 6) is -0.0159. The molecule has 0 aromatic rings. The minimum Gasteiger partial charge on any atom is -0.481 e. The molecule has 0 aromatic heterocycles. The SMILES string of the molecule is CCSC(=S)S[C@](C)(C#N)CCC(=O)O. The van der Waals surface area contributed by atoms with Gasteiger partial charge in [0, 0.05) is 6.42 Å². The summed E-state index contributed by atoms with van der Waals surface area (Å²) in [7, 11) is 0. The highest BCUT2D eigenvalue weighted by molar-refractivity contribution is 8.47. The van der Waals surface area contributed by atoms with E-state index in [-0.39, 0.29) is 6.42 Å². The first kappa shape index (κ1) is 14.8. The van der Waals surface area contributed by atoms with Crippen LogP contribution >= 0.6 is 35.7 Å². The number of thiocarbonyl (C=S) groups is 1. The van der Waals surface area contributed by atoms with Crippen LogP contribution in [0.2, 0.25) is 0 Å². The van der Waals surface area contributed by atoms with Gasteiger partial charge in [-0.2, -0.15) is 5.26 Å². The second-order valence-corrected chi connectivity index (χ2v) is 6.99. The molecule has 0 saturated heterocycles. The predicted molar refractivity (Wildman–Crippen MR) is 69.2 cm³/mol. The molecule has 0 saturated carbocycles. The van der Waals surface area contributed by atoms with Crippen LogP contribution in [-0.2, 0) is 4.79 Å². The van der Waals surface area contributed by atoms with Crippen LogP contribution in [0.4, 0.5) is 0 Å². The summed E-state index contributed by atoms with van der Waals surface area (Å²) in [4.78, 5) is 10.4. The second kappa shape index (κ2) is 7.09. The molecule has 1 atom stereocenters. The smallest absolute Gasteiger partial charge is 0.303 e.